The fraction of sp³-hybridized carbons (Fsp3) is 0.897. The molecule has 0 amide bonds. The molecule has 4 nitrogen and oxygen atoms in total. The van der Waals surface area contributed by atoms with E-state index in [-0.39, 0.29) is 0 Å². The second-order valence-corrected chi connectivity index (χ2v) is 9.78. The number of hydrogen-bond donors (Lipinski definition) is 2. The summed E-state index contributed by atoms with van der Waals surface area (Å²) in [5, 5.41) is 11.0. The minimum atomic E-state index is -0.833. The van der Waals surface area contributed by atoms with Gasteiger partial charge in [-0.2, -0.15) is 0 Å². The van der Waals surface area contributed by atoms with Crippen LogP contribution in [0.25, 0.3) is 0 Å². The van der Waals surface area contributed by atoms with E-state index < -0.39 is 5.97 Å². The van der Waals surface area contributed by atoms with Crippen LogP contribution in [0, 0.1) is 0 Å². The maximum absolute atomic E-state index is 9.00. The minimum absolute atomic E-state index is 0.833. The highest BCUT2D eigenvalue weighted by Crippen LogP contribution is 2.12. The Bertz CT molecular complexity index is 393. The second-order valence-electron chi connectivity index (χ2n) is 9.78. The molecule has 0 aliphatic rings. The van der Waals surface area contributed by atoms with Gasteiger partial charge in [-0.05, 0) is 72.3 Å². The summed E-state index contributed by atoms with van der Waals surface area (Å²) in [4.78, 5) is 11.3. The third-order valence-electron chi connectivity index (χ3n) is 5.82. The van der Waals surface area contributed by atoms with E-state index in [0.29, 0.717) is 0 Å². The van der Waals surface area contributed by atoms with Crippen molar-refractivity contribution in [3.8, 4) is 0 Å². The van der Waals surface area contributed by atoms with E-state index in [1.807, 2.05) is 0 Å². The van der Waals surface area contributed by atoms with Crippen molar-refractivity contribution in [1.29, 1.82) is 0 Å². The molecule has 0 saturated carbocycles. The van der Waals surface area contributed by atoms with Gasteiger partial charge >= 0.3 is 0 Å². The van der Waals surface area contributed by atoms with Gasteiger partial charge in [-0.15, -0.1) is 0 Å². The number of aliphatic carboxylic acids is 1. The van der Waals surface area contributed by atoms with Crippen molar-refractivity contribution in [3.63, 3.8) is 0 Å². The zero-order chi connectivity index (χ0) is 24.8. The molecule has 2 N–H and O–H groups in total. The van der Waals surface area contributed by atoms with Crippen molar-refractivity contribution < 1.29 is 9.90 Å². The highest BCUT2D eigenvalue weighted by atomic mass is 16.4. The molecular formula is C29H60N2O2. The van der Waals surface area contributed by atoms with Crippen LogP contribution in [0.1, 0.15) is 136 Å². The average molecular weight is 469 g/mol. The third-order valence-corrected chi connectivity index (χ3v) is 5.82. The Kier molecular flexibility index (Phi) is 32.4. The first-order valence-electron chi connectivity index (χ1n) is 14.2. The molecule has 0 atom stereocenters. The molecule has 0 fully saturated rings. The summed E-state index contributed by atoms with van der Waals surface area (Å²) >= 11 is 0. The van der Waals surface area contributed by atoms with Crippen molar-refractivity contribution >= 4 is 5.97 Å². The molecule has 0 aromatic heterocycles. The molecular weight excluding hydrogens is 408 g/mol. The van der Waals surface area contributed by atoms with E-state index in [9.17, 15) is 0 Å². The number of rotatable bonds is 24. The zero-order valence-electron chi connectivity index (χ0n) is 23.0. The van der Waals surface area contributed by atoms with E-state index in [1.165, 1.54) is 142 Å². The van der Waals surface area contributed by atoms with Gasteiger partial charge in [0.05, 0.1) is 0 Å². The summed E-state index contributed by atoms with van der Waals surface area (Å²) < 4.78 is 0. The van der Waals surface area contributed by atoms with Gasteiger partial charge in [-0.1, -0.05) is 103 Å². The fourth-order valence-corrected chi connectivity index (χ4v) is 3.85. The number of carboxylic acid groups (broad SMARTS) is 1. The summed E-state index contributed by atoms with van der Waals surface area (Å²) in [5.41, 5.74) is 0. The lowest BCUT2D eigenvalue weighted by atomic mass is 10.1. The van der Waals surface area contributed by atoms with Crippen LogP contribution in [-0.4, -0.2) is 49.7 Å². The zero-order valence-corrected chi connectivity index (χ0v) is 23.0. The SMILES string of the molecule is CC(=O)O.CCCCCCCCC=CCCCCCCCCCCCCNCCCN(C)C. The van der Waals surface area contributed by atoms with Crippen molar-refractivity contribution in [3.05, 3.63) is 12.2 Å². The second kappa shape index (κ2) is 31.1. The Morgan fingerprint density at radius 3 is 1.45 bits per heavy atom. The molecule has 0 rings (SSSR count). The van der Waals surface area contributed by atoms with Gasteiger partial charge < -0.3 is 15.3 Å². The Morgan fingerprint density at radius 2 is 1.03 bits per heavy atom. The topological polar surface area (TPSA) is 52.6 Å². The first-order valence-corrected chi connectivity index (χ1v) is 14.2. The van der Waals surface area contributed by atoms with E-state index in [4.69, 9.17) is 9.90 Å². The number of allylic oxidation sites excluding steroid dienone is 2. The molecule has 0 heterocycles. The molecule has 0 aliphatic carbocycles. The van der Waals surface area contributed by atoms with Crippen LogP contribution >= 0.6 is 0 Å². The molecule has 0 radical (unpaired) electrons. The smallest absolute Gasteiger partial charge is 0.300 e. The quantitative estimate of drug-likeness (QED) is 0.111. The summed E-state index contributed by atoms with van der Waals surface area (Å²) in [6, 6.07) is 0. The van der Waals surface area contributed by atoms with Crippen molar-refractivity contribution in [1.82, 2.24) is 10.2 Å². The van der Waals surface area contributed by atoms with Crippen LogP contribution in [0.3, 0.4) is 0 Å². The lowest BCUT2D eigenvalue weighted by Gasteiger charge is -2.09. The molecule has 4 heteroatoms. The molecule has 0 aromatic carbocycles. The number of hydrogen-bond acceptors (Lipinski definition) is 3. The lowest BCUT2D eigenvalue weighted by molar-refractivity contribution is -0.134. The van der Waals surface area contributed by atoms with E-state index in [0.717, 1.165) is 6.92 Å². The maximum Gasteiger partial charge on any atom is 0.300 e. The molecule has 0 spiro atoms. The predicted molar refractivity (Wildman–Crippen MR) is 147 cm³/mol. The number of nitrogens with one attached hydrogen (secondary N) is 1. The maximum atomic E-state index is 9.00. The lowest BCUT2D eigenvalue weighted by Crippen LogP contribution is -2.22. The first kappa shape index (κ1) is 34.3. The number of unbranched alkanes of at least 4 members (excludes halogenated alkanes) is 16. The molecule has 0 aromatic rings. The van der Waals surface area contributed by atoms with Crippen LogP contribution in [0.5, 0.6) is 0 Å². The summed E-state index contributed by atoms with van der Waals surface area (Å²) in [5.74, 6) is -0.833. The number of carboxylic acids is 1. The standard InChI is InChI=1S/C27H56N2.C2H4O2/c1-4-5-6-7-8-9-10-11-12-13-14-15-16-17-18-19-20-21-22-23-25-28-26-24-27-29(2)3;1-2(3)4/h11-12,28H,4-10,13-27H2,1-3H3;1H3,(H,3,4). The monoisotopic (exact) mass is 468 g/mol. The largest absolute Gasteiger partial charge is 0.481 e. The fourth-order valence-electron chi connectivity index (χ4n) is 3.85. The normalized spacial score (nSPS) is 11.2. The highest BCUT2D eigenvalue weighted by Gasteiger charge is 1.94. The third kappa shape index (κ3) is 41.8. The summed E-state index contributed by atoms with van der Waals surface area (Å²) in [6.07, 6.45) is 31.5. The van der Waals surface area contributed by atoms with Gasteiger partial charge in [-0.25, -0.2) is 0 Å². The van der Waals surface area contributed by atoms with Gasteiger partial charge in [0.15, 0.2) is 0 Å². The van der Waals surface area contributed by atoms with Crippen LogP contribution in [0.4, 0.5) is 0 Å². The van der Waals surface area contributed by atoms with Gasteiger partial charge in [0, 0.05) is 6.92 Å². The van der Waals surface area contributed by atoms with E-state index in [1.54, 1.807) is 0 Å². The molecule has 0 aliphatic heterocycles. The summed E-state index contributed by atoms with van der Waals surface area (Å²) in [7, 11) is 4.30. The van der Waals surface area contributed by atoms with Crippen LogP contribution in [0.2, 0.25) is 0 Å². The summed E-state index contributed by atoms with van der Waals surface area (Å²) in [6.45, 7) is 6.95. The van der Waals surface area contributed by atoms with Gasteiger partial charge in [0.25, 0.3) is 5.97 Å². The highest BCUT2D eigenvalue weighted by molar-refractivity contribution is 5.62. The number of nitrogens with zero attached hydrogens (tertiary/aromatic N) is 1. The first-order chi connectivity index (χ1) is 16.0. The van der Waals surface area contributed by atoms with E-state index >= 15 is 0 Å². The van der Waals surface area contributed by atoms with Crippen LogP contribution in [-0.2, 0) is 4.79 Å². The minimum Gasteiger partial charge on any atom is -0.481 e. The molecule has 0 saturated heterocycles. The Morgan fingerprint density at radius 1 is 0.667 bits per heavy atom. The Labute approximate surface area is 208 Å². The predicted octanol–water partition coefficient (Wildman–Crippen LogP) is 8.22. The van der Waals surface area contributed by atoms with Crippen molar-refractivity contribution in [2.75, 3.05) is 33.7 Å². The van der Waals surface area contributed by atoms with Crippen molar-refractivity contribution in [2.24, 2.45) is 0 Å². The van der Waals surface area contributed by atoms with Gasteiger partial charge in [0.2, 0.25) is 0 Å². The molecule has 33 heavy (non-hydrogen) atoms. The van der Waals surface area contributed by atoms with Gasteiger partial charge in [0.1, 0.15) is 0 Å². The number of carbonyl (C=O) groups is 1. The Balaban J connectivity index is 0. The van der Waals surface area contributed by atoms with Gasteiger partial charge in [-0.3, -0.25) is 4.79 Å². The Hall–Kier alpha value is -0.870. The van der Waals surface area contributed by atoms with Crippen LogP contribution in [0.15, 0.2) is 12.2 Å². The molecule has 0 bridgehead atoms. The molecule has 198 valence electrons. The average Bonchev–Trinajstić information content (AvgIpc) is 2.76. The van der Waals surface area contributed by atoms with Crippen LogP contribution < -0.4 is 5.32 Å². The van der Waals surface area contributed by atoms with E-state index in [2.05, 4.69) is 43.4 Å². The molecule has 0 unspecified atom stereocenters. The van der Waals surface area contributed by atoms with Crippen molar-refractivity contribution in [2.45, 2.75) is 136 Å².